The Kier molecular flexibility index (Phi) is 4.15. The summed E-state index contributed by atoms with van der Waals surface area (Å²) >= 11 is 2.04. The van der Waals surface area contributed by atoms with Gasteiger partial charge in [-0.1, -0.05) is 13.3 Å². The predicted octanol–water partition coefficient (Wildman–Crippen LogP) is 3.13. The van der Waals surface area contributed by atoms with Crippen LogP contribution in [-0.2, 0) is 0 Å². The molecule has 0 saturated heterocycles. The number of thioether (sulfide) groups is 1. The summed E-state index contributed by atoms with van der Waals surface area (Å²) in [5, 5.41) is 4.30. The molecule has 2 unspecified atom stereocenters. The van der Waals surface area contributed by atoms with E-state index >= 15 is 0 Å². The van der Waals surface area contributed by atoms with Crippen LogP contribution in [0, 0.1) is 0 Å². The van der Waals surface area contributed by atoms with Gasteiger partial charge in [0, 0.05) is 23.4 Å². The van der Waals surface area contributed by atoms with Crippen LogP contribution >= 0.6 is 11.8 Å². The lowest BCUT2D eigenvalue weighted by molar-refractivity contribution is 0.172. The van der Waals surface area contributed by atoms with E-state index < -0.39 is 0 Å². The normalized spacial score (nSPS) is 24.6. The molecule has 0 spiro atoms. The molecule has 0 aromatic heterocycles. The molecule has 0 amide bonds. The Morgan fingerprint density at radius 1 is 1.25 bits per heavy atom. The Balaban J connectivity index is 1.76. The van der Waals surface area contributed by atoms with Gasteiger partial charge in [0.1, 0.15) is 13.2 Å². The summed E-state index contributed by atoms with van der Waals surface area (Å²) in [5.74, 6) is 2.72. The summed E-state index contributed by atoms with van der Waals surface area (Å²) in [6.45, 7) is 3.42. The highest BCUT2D eigenvalue weighted by Gasteiger charge is 2.28. The zero-order valence-electron chi connectivity index (χ0n) is 11.9. The maximum atomic E-state index is 6.14. The second-order valence-electron chi connectivity index (χ2n) is 5.26. The highest BCUT2D eigenvalue weighted by Crippen LogP contribution is 2.39. The van der Waals surface area contributed by atoms with Gasteiger partial charge in [0.15, 0.2) is 11.5 Å². The van der Waals surface area contributed by atoms with Crippen molar-refractivity contribution in [1.82, 2.24) is 0 Å². The van der Waals surface area contributed by atoms with E-state index in [4.69, 9.17) is 15.2 Å². The molecule has 4 nitrogen and oxygen atoms in total. The first-order valence-corrected chi connectivity index (χ1v) is 8.40. The third-order valence-corrected chi connectivity index (χ3v) is 5.21. The van der Waals surface area contributed by atoms with Crippen LogP contribution in [0.2, 0.25) is 0 Å². The van der Waals surface area contributed by atoms with Crippen molar-refractivity contribution < 1.29 is 9.47 Å². The summed E-state index contributed by atoms with van der Waals surface area (Å²) in [6, 6.07) is 4.36. The van der Waals surface area contributed by atoms with Crippen molar-refractivity contribution in [2.45, 2.75) is 37.5 Å². The number of hydrogen-bond acceptors (Lipinski definition) is 5. The maximum Gasteiger partial charge on any atom is 0.163 e. The molecular formula is C15H22N2O2S. The molecule has 1 fully saturated rings. The summed E-state index contributed by atoms with van der Waals surface area (Å²) in [7, 11) is 0. The van der Waals surface area contributed by atoms with E-state index in [1.54, 1.807) is 0 Å². The third kappa shape index (κ3) is 2.77. The third-order valence-electron chi connectivity index (χ3n) is 3.89. The molecule has 110 valence electrons. The lowest BCUT2D eigenvalue weighted by Gasteiger charge is -2.24. The first-order chi connectivity index (χ1) is 9.78. The van der Waals surface area contributed by atoms with Crippen LogP contribution in [0.5, 0.6) is 11.5 Å². The molecule has 2 aliphatic rings. The Morgan fingerprint density at radius 2 is 2.00 bits per heavy atom. The molecular weight excluding hydrogens is 272 g/mol. The number of nitrogens with one attached hydrogen (secondary N) is 1. The maximum absolute atomic E-state index is 6.14. The van der Waals surface area contributed by atoms with Gasteiger partial charge in [-0.2, -0.15) is 11.8 Å². The van der Waals surface area contributed by atoms with E-state index in [9.17, 15) is 0 Å². The van der Waals surface area contributed by atoms with Crippen LogP contribution in [0.4, 0.5) is 11.4 Å². The number of nitrogen functional groups attached to an aromatic ring is 1. The first-order valence-electron chi connectivity index (χ1n) is 7.35. The molecule has 1 aromatic rings. The summed E-state index contributed by atoms with van der Waals surface area (Å²) in [4.78, 5) is 0. The number of fused-ring (bicyclic) bond motifs is 1. The average molecular weight is 294 g/mol. The van der Waals surface area contributed by atoms with E-state index in [-0.39, 0.29) is 0 Å². The van der Waals surface area contributed by atoms with Crippen molar-refractivity contribution in [1.29, 1.82) is 0 Å². The largest absolute Gasteiger partial charge is 0.486 e. The topological polar surface area (TPSA) is 56.5 Å². The Labute approximate surface area is 124 Å². The molecule has 2 atom stereocenters. The summed E-state index contributed by atoms with van der Waals surface area (Å²) < 4.78 is 11.2. The van der Waals surface area contributed by atoms with Crippen molar-refractivity contribution in [3.63, 3.8) is 0 Å². The minimum absolute atomic E-state index is 0.504. The van der Waals surface area contributed by atoms with Crippen molar-refractivity contribution in [3.05, 3.63) is 12.1 Å². The summed E-state index contributed by atoms with van der Waals surface area (Å²) in [5.41, 5.74) is 7.85. The van der Waals surface area contributed by atoms with E-state index in [0.29, 0.717) is 24.5 Å². The number of anilines is 2. The van der Waals surface area contributed by atoms with E-state index in [0.717, 1.165) is 22.9 Å². The van der Waals surface area contributed by atoms with E-state index in [1.807, 2.05) is 23.9 Å². The lowest BCUT2D eigenvalue weighted by Crippen LogP contribution is -2.27. The fourth-order valence-electron chi connectivity index (χ4n) is 2.93. The molecule has 1 aromatic carbocycles. The quantitative estimate of drug-likeness (QED) is 0.836. The molecule has 0 bridgehead atoms. The van der Waals surface area contributed by atoms with Gasteiger partial charge in [0.2, 0.25) is 0 Å². The standard InChI is InChI=1S/C15H22N2O2S/c1-2-20-15-5-3-4-11(15)17-12-9-14-13(8-10(12)16)18-6-7-19-14/h8-9,11,15,17H,2-7,16H2,1H3. The second-order valence-corrected chi connectivity index (χ2v) is 6.77. The number of hydrogen-bond donors (Lipinski definition) is 2. The minimum atomic E-state index is 0.504. The van der Waals surface area contributed by atoms with Gasteiger partial charge in [-0.05, 0) is 18.6 Å². The molecule has 5 heteroatoms. The smallest absolute Gasteiger partial charge is 0.163 e. The van der Waals surface area contributed by atoms with Crippen molar-refractivity contribution in [2.24, 2.45) is 0 Å². The van der Waals surface area contributed by atoms with E-state index in [1.165, 1.54) is 25.0 Å². The van der Waals surface area contributed by atoms with Gasteiger partial charge in [-0.15, -0.1) is 0 Å². The molecule has 1 heterocycles. The zero-order valence-corrected chi connectivity index (χ0v) is 12.7. The molecule has 1 aliphatic heterocycles. The van der Waals surface area contributed by atoms with Crippen LogP contribution in [0.25, 0.3) is 0 Å². The number of benzene rings is 1. The Bertz CT molecular complexity index is 481. The second kappa shape index (κ2) is 6.04. The SMILES string of the molecule is CCSC1CCCC1Nc1cc2c(cc1N)OCCO2. The predicted molar refractivity (Wildman–Crippen MR) is 85.0 cm³/mol. The monoisotopic (exact) mass is 294 g/mol. The van der Waals surface area contributed by atoms with Gasteiger partial charge in [-0.25, -0.2) is 0 Å². The molecule has 3 rings (SSSR count). The number of nitrogens with two attached hydrogens (primary N) is 1. The van der Waals surface area contributed by atoms with Crippen LogP contribution in [0.3, 0.4) is 0 Å². The van der Waals surface area contributed by atoms with Gasteiger partial charge >= 0.3 is 0 Å². The fourth-order valence-corrected chi connectivity index (χ4v) is 4.13. The highest BCUT2D eigenvalue weighted by atomic mass is 32.2. The Morgan fingerprint density at radius 3 is 2.75 bits per heavy atom. The van der Waals surface area contributed by atoms with Crippen molar-refractivity contribution >= 4 is 23.1 Å². The molecule has 3 N–H and O–H groups in total. The van der Waals surface area contributed by atoms with E-state index in [2.05, 4.69) is 12.2 Å². The molecule has 1 aliphatic carbocycles. The van der Waals surface area contributed by atoms with Gasteiger partial charge in [0.05, 0.1) is 11.4 Å². The van der Waals surface area contributed by atoms with Gasteiger partial charge in [0.25, 0.3) is 0 Å². The van der Waals surface area contributed by atoms with Crippen molar-refractivity contribution in [3.8, 4) is 11.5 Å². The van der Waals surface area contributed by atoms with Crippen LogP contribution in [-0.4, -0.2) is 30.3 Å². The molecule has 1 saturated carbocycles. The van der Waals surface area contributed by atoms with Crippen LogP contribution in [0.15, 0.2) is 12.1 Å². The lowest BCUT2D eigenvalue weighted by atomic mass is 10.2. The zero-order chi connectivity index (χ0) is 13.9. The highest BCUT2D eigenvalue weighted by molar-refractivity contribution is 7.99. The number of ether oxygens (including phenoxy) is 2. The molecule has 0 radical (unpaired) electrons. The first kappa shape index (κ1) is 13.7. The molecule has 20 heavy (non-hydrogen) atoms. The minimum Gasteiger partial charge on any atom is -0.486 e. The average Bonchev–Trinajstić information content (AvgIpc) is 2.87. The van der Waals surface area contributed by atoms with Crippen LogP contribution in [0.1, 0.15) is 26.2 Å². The van der Waals surface area contributed by atoms with Crippen LogP contribution < -0.4 is 20.5 Å². The van der Waals surface area contributed by atoms with Gasteiger partial charge < -0.3 is 20.5 Å². The summed E-state index contributed by atoms with van der Waals surface area (Å²) in [6.07, 6.45) is 3.80. The van der Waals surface area contributed by atoms with Gasteiger partial charge in [-0.3, -0.25) is 0 Å². The number of rotatable bonds is 4. The van der Waals surface area contributed by atoms with Crippen molar-refractivity contribution in [2.75, 3.05) is 30.0 Å². The Hall–Kier alpha value is -1.23. The fraction of sp³-hybridized carbons (Fsp3) is 0.600.